The molecule has 3 amide bonds. The number of carbonyl (C=O) groups is 3. The zero-order chi connectivity index (χ0) is 26.1. The monoisotopic (exact) mass is 501 g/mol. The fourth-order valence-electron chi connectivity index (χ4n) is 4.28. The maximum Gasteiger partial charge on any atom is 0.276 e. The molecule has 0 radical (unpaired) electrons. The van der Waals surface area contributed by atoms with E-state index in [0.717, 1.165) is 0 Å². The summed E-state index contributed by atoms with van der Waals surface area (Å²) in [5.74, 6) is -0.522. The van der Waals surface area contributed by atoms with Crippen molar-refractivity contribution in [3.8, 4) is 11.4 Å². The number of aromatic nitrogens is 5. The van der Waals surface area contributed by atoms with Gasteiger partial charge in [0.1, 0.15) is 23.1 Å². The van der Waals surface area contributed by atoms with Crippen LogP contribution in [0, 0.1) is 6.92 Å². The quantitative estimate of drug-likeness (QED) is 0.381. The van der Waals surface area contributed by atoms with E-state index in [1.165, 1.54) is 9.25 Å². The fourth-order valence-corrected chi connectivity index (χ4v) is 4.28. The van der Waals surface area contributed by atoms with Crippen molar-refractivity contribution in [2.75, 3.05) is 11.9 Å². The Hall–Kier alpha value is -4.87. The summed E-state index contributed by atoms with van der Waals surface area (Å²) in [5.41, 5.74) is 0.954. The van der Waals surface area contributed by atoms with Gasteiger partial charge in [0.2, 0.25) is 11.8 Å². The lowest BCUT2D eigenvalue weighted by molar-refractivity contribution is -0.135. The molecule has 1 aliphatic rings. The molecule has 0 spiro atoms. The van der Waals surface area contributed by atoms with Gasteiger partial charge < -0.3 is 10.1 Å². The van der Waals surface area contributed by atoms with Crippen LogP contribution in [0.4, 0.5) is 5.69 Å². The first kappa shape index (κ1) is 23.9. The standard InChI is InChI=1S/C25H23N7O5/c1-3-37-16-11-15(12-26-13-16)31-10-9-19(30-31)23(34)28-18-6-4-5-17-22(18)27-14(2)32(25(17)36)20-7-8-21(33)29-24(20)35/h4-6,9-13,20H,3,7-8H2,1-2H3,(H,28,34)(H,29,33,35). The molecule has 1 saturated heterocycles. The summed E-state index contributed by atoms with van der Waals surface area (Å²) >= 11 is 0. The van der Waals surface area contributed by atoms with E-state index in [4.69, 9.17) is 4.74 Å². The second kappa shape index (κ2) is 9.64. The van der Waals surface area contributed by atoms with Crippen molar-refractivity contribution in [3.05, 3.63) is 70.8 Å². The number of aryl methyl sites for hydroxylation is 1. The highest BCUT2D eigenvalue weighted by Crippen LogP contribution is 2.24. The minimum atomic E-state index is -0.833. The molecule has 4 aromatic rings. The molecule has 3 aromatic heterocycles. The summed E-state index contributed by atoms with van der Waals surface area (Å²) < 4.78 is 8.27. The maximum absolute atomic E-state index is 13.3. The molecular formula is C25H23N7O5. The largest absolute Gasteiger partial charge is 0.492 e. The molecule has 2 N–H and O–H groups in total. The molecule has 0 bridgehead atoms. The lowest BCUT2D eigenvalue weighted by Gasteiger charge is -2.24. The van der Waals surface area contributed by atoms with Gasteiger partial charge in [0, 0.05) is 18.7 Å². The van der Waals surface area contributed by atoms with E-state index in [1.54, 1.807) is 55.8 Å². The first-order valence-electron chi connectivity index (χ1n) is 11.7. The van der Waals surface area contributed by atoms with E-state index in [2.05, 4.69) is 25.7 Å². The summed E-state index contributed by atoms with van der Waals surface area (Å²) in [6.07, 6.45) is 5.16. The van der Waals surface area contributed by atoms with Crippen molar-refractivity contribution in [1.82, 2.24) is 29.6 Å². The number of ether oxygens (including phenoxy) is 1. The fraction of sp³-hybridized carbons (Fsp3) is 0.240. The van der Waals surface area contributed by atoms with Gasteiger partial charge >= 0.3 is 0 Å². The van der Waals surface area contributed by atoms with Crippen molar-refractivity contribution < 1.29 is 19.1 Å². The number of nitrogens with zero attached hydrogens (tertiary/aromatic N) is 5. The van der Waals surface area contributed by atoms with Crippen LogP contribution in [0.1, 0.15) is 42.1 Å². The predicted molar refractivity (Wildman–Crippen MR) is 133 cm³/mol. The topological polar surface area (TPSA) is 150 Å². The number of amides is 3. The molecule has 1 aliphatic heterocycles. The maximum atomic E-state index is 13.3. The highest BCUT2D eigenvalue weighted by Gasteiger charge is 2.30. The number of para-hydroxylation sites is 1. The van der Waals surface area contributed by atoms with Crippen LogP contribution >= 0.6 is 0 Å². The molecule has 5 rings (SSSR count). The Bertz CT molecular complexity index is 1610. The average Bonchev–Trinajstić information content (AvgIpc) is 3.37. The highest BCUT2D eigenvalue weighted by molar-refractivity contribution is 6.07. The number of nitrogens with one attached hydrogen (secondary N) is 2. The van der Waals surface area contributed by atoms with E-state index in [1.807, 2.05) is 6.92 Å². The van der Waals surface area contributed by atoms with Crippen LogP contribution in [0.3, 0.4) is 0 Å². The number of imide groups is 1. The third kappa shape index (κ3) is 4.56. The lowest BCUT2D eigenvalue weighted by Crippen LogP contribution is -2.45. The molecule has 0 saturated carbocycles. The first-order valence-corrected chi connectivity index (χ1v) is 11.7. The molecule has 4 heterocycles. The third-order valence-electron chi connectivity index (χ3n) is 5.97. The number of hydrogen-bond acceptors (Lipinski definition) is 8. The summed E-state index contributed by atoms with van der Waals surface area (Å²) in [5, 5.41) is 9.61. The smallest absolute Gasteiger partial charge is 0.276 e. The number of piperidine rings is 1. The lowest BCUT2D eigenvalue weighted by atomic mass is 10.1. The average molecular weight is 502 g/mol. The van der Waals surface area contributed by atoms with Crippen LogP contribution in [0.5, 0.6) is 5.75 Å². The van der Waals surface area contributed by atoms with Gasteiger partial charge in [-0.25, -0.2) is 9.67 Å². The first-order chi connectivity index (χ1) is 17.9. The van der Waals surface area contributed by atoms with Crippen LogP contribution in [0.15, 0.2) is 53.7 Å². The number of anilines is 1. The molecule has 37 heavy (non-hydrogen) atoms. The Morgan fingerprint density at radius 3 is 2.84 bits per heavy atom. The number of hydrogen-bond donors (Lipinski definition) is 2. The Kier molecular flexibility index (Phi) is 6.22. The number of rotatable bonds is 6. The predicted octanol–water partition coefficient (Wildman–Crippen LogP) is 1.91. The number of carbonyl (C=O) groups excluding carboxylic acids is 3. The van der Waals surface area contributed by atoms with E-state index in [-0.39, 0.29) is 35.3 Å². The summed E-state index contributed by atoms with van der Waals surface area (Å²) in [6, 6.07) is 7.32. The highest BCUT2D eigenvalue weighted by atomic mass is 16.5. The Morgan fingerprint density at radius 1 is 1.22 bits per heavy atom. The molecule has 0 aliphatic carbocycles. The minimum Gasteiger partial charge on any atom is -0.492 e. The number of pyridine rings is 1. The van der Waals surface area contributed by atoms with Gasteiger partial charge in [0.05, 0.1) is 35.8 Å². The van der Waals surface area contributed by atoms with Crippen molar-refractivity contribution in [2.45, 2.75) is 32.7 Å². The zero-order valence-corrected chi connectivity index (χ0v) is 20.1. The van der Waals surface area contributed by atoms with E-state index < -0.39 is 23.4 Å². The number of fused-ring (bicyclic) bond motifs is 1. The van der Waals surface area contributed by atoms with Gasteiger partial charge in [0.15, 0.2) is 5.69 Å². The molecule has 1 aromatic carbocycles. The van der Waals surface area contributed by atoms with E-state index >= 15 is 0 Å². The van der Waals surface area contributed by atoms with Crippen LogP contribution in [0.2, 0.25) is 0 Å². The van der Waals surface area contributed by atoms with Gasteiger partial charge in [0.25, 0.3) is 11.5 Å². The molecule has 12 heteroatoms. The SMILES string of the molecule is CCOc1cncc(-n2ccc(C(=O)Nc3cccc4c(=O)n(C5CCC(=O)NC5=O)c(C)nc34)n2)c1. The van der Waals surface area contributed by atoms with E-state index in [9.17, 15) is 19.2 Å². The Balaban J connectivity index is 1.44. The molecule has 1 unspecified atom stereocenters. The second-order valence-corrected chi connectivity index (χ2v) is 8.41. The normalized spacial score (nSPS) is 15.5. The minimum absolute atomic E-state index is 0.134. The number of benzene rings is 1. The third-order valence-corrected chi connectivity index (χ3v) is 5.97. The molecule has 12 nitrogen and oxygen atoms in total. The zero-order valence-electron chi connectivity index (χ0n) is 20.1. The van der Waals surface area contributed by atoms with E-state index in [0.29, 0.717) is 29.6 Å². The van der Waals surface area contributed by atoms with Crippen LogP contribution in [-0.2, 0) is 9.59 Å². The molecular weight excluding hydrogens is 478 g/mol. The summed E-state index contributed by atoms with van der Waals surface area (Å²) in [7, 11) is 0. The molecule has 1 atom stereocenters. The summed E-state index contributed by atoms with van der Waals surface area (Å²) in [4.78, 5) is 58.9. The van der Waals surface area contributed by atoms with Crippen molar-refractivity contribution in [2.24, 2.45) is 0 Å². The summed E-state index contributed by atoms with van der Waals surface area (Å²) in [6.45, 7) is 3.97. The van der Waals surface area contributed by atoms with Crippen LogP contribution in [-0.4, -0.2) is 48.6 Å². The van der Waals surface area contributed by atoms with Crippen LogP contribution < -0.4 is 20.9 Å². The van der Waals surface area contributed by atoms with Crippen LogP contribution in [0.25, 0.3) is 16.6 Å². The Labute approximate surface area is 210 Å². The van der Waals surface area contributed by atoms with Gasteiger partial charge in [-0.2, -0.15) is 5.10 Å². The van der Waals surface area contributed by atoms with Gasteiger partial charge in [-0.1, -0.05) is 6.07 Å². The van der Waals surface area contributed by atoms with Gasteiger partial charge in [-0.3, -0.25) is 34.0 Å². The van der Waals surface area contributed by atoms with Gasteiger partial charge in [-0.05, 0) is 38.5 Å². The van der Waals surface area contributed by atoms with Gasteiger partial charge in [-0.15, -0.1) is 0 Å². The Morgan fingerprint density at radius 2 is 2.05 bits per heavy atom. The van der Waals surface area contributed by atoms with Crippen molar-refractivity contribution >= 4 is 34.3 Å². The van der Waals surface area contributed by atoms with Crippen molar-refractivity contribution in [3.63, 3.8) is 0 Å². The molecule has 1 fully saturated rings. The molecule has 188 valence electrons. The second-order valence-electron chi connectivity index (χ2n) is 8.41. The van der Waals surface area contributed by atoms with Crippen molar-refractivity contribution in [1.29, 1.82) is 0 Å².